The molecule has 4 rings (SSSR count). The molecule has 6 nitrogen and oxygen atoms in total. The number of anilines is 1. The standard InChI is InChI=1S/C27H32ClF3N4O2/c1-6-22-10-23(12-26(11-18(26)5)35(22)25(36)37-16(2)3)34(24-32-13-17(4)14-33-24)15-19-7-20(27(29,30)31)9-21(28)8-19/h6-9,13-14,16,18,22-23H,1,10-12,15H2,2-5H3/t18-,22-,23+,26+/m1/s1. The zero-order chi connectivity index (χ0) is 27.1. The highest BCUT2D eigenvalue weighted by Crippen LogP contribution is 2.56. The van der Waals surface area contributed by atoms with Crippen molar-refractivity contribution in [2.24, 2.45) is 5.92 Å². The minimum atomic E-state index is -4.52. The molecular weight excluding hydrogens is 505 g/mol. The van der Waals surface area contributed by atoms with E-state index in [1.807, 2.05) is 30.6 Å². The van der Waals surface area contributed by atoms with Crippen molar-refractivity contribution >= 4 is 23.6 Å². The monoisotopic (exact) mass is 536 g/mol. The van der Waals surface area contributed by atoms with Gasteiger partial charge in [0.1, 0.15) is 0 Å². The number of carbonyl (C=O) groups is 1. The summed E-state index contributed by atoms with van der Waals surface area (Å²) in [7, 11) is 0. The largest absolute Gasteiger partial charge is 0.447 e. The van der Waals surface area contributed by atoms with Crippen LogP contribution in [0, 0.1) is 12.8 Å². The predicted molar refractivity (Wildman–Crippen MR) is 136 cm³/mol. The molecule has 1 aromatic heterocycles. The fourth-order valence-electron chi connectivity index (χ4n) is 5.41. The van der Waals surface area contributed by atoms with Crippen molar-refractivity contribution in [3.05, 3.63) is 65.0 Å². The van der Waals surface area contributed by atoms with Crippen molar-refractivity contribution in [2.75, 3.05) is 4.90 Å². The minimum absolute atomic E-state index is 0.0112. The summed E-state index contributed by atoms with van der Waals surface area (Å²) < 4.78 is 46.1. The third-order valence-corrected chi connectivity index (χ3v) is 7.46. The van der Waals surface area contributed by atoms with Gasteiger partial charge in [-0.3, -0.25) is 4.90 Å². The number of piperidine rings is 1. The van der Waals surface area contributed by atoms with Crippen molar-refractivity contribution in [3.63, 3.8) is 0 Å². The number of hydrogen-bond acceptors (Lipinski definition) is 5. The number of aromatic nitrogens is 2. The second-order valence-corrected chi connectivity index (χ2v) is 10.9. The van der Waals surface area contributed by atoms with E-state index in [1.54, 1.807) is 18.5 Å². The summed E-state index contributed by atoms with van der Waals surface area (Å²) in [6, 6.07) is 3.10. The molecular formula is C27H32ClF3N4O2. The molecule has 1 aliphatic heterocycles. The van der Waals surface area contributed by atoms with Crippen LogP contribution in [0.1, 0.15) is 56.7 Å². The molecule has 10 heteroatoms. The van der Waals surface area contributed by atoms with E-state index in [-0.39, 0.29) is 41.8 Å². The van der Waals surface area contributed by atoms with E-state index < -0.39 is 17.3 Å². The Hall–Kier alpha value is -2.81. The number of ether oxygens (including phenoxy) is 1. The van der Waals surface area contributed by atoms with Crippen LogP contribution in [0.25, 0.3) is 0 Å². The maximum atomic E-state index is 13.5. The number of halogens is 4. The zero-order valence-corrected chi connectivity index (χ0v) is 22.2. The molecule has 1 saturated carbocycles. The Kier molecular flexibility index (Phi) is 7.48. The van der Waals surface area contributed by atoms with Crippen molar-refractivity contribution in [3.8, 4) is 0 Å². The van der Waals surface area contributed by atoms with E-state index in [2.05, 4.69) is 23.5 Å². The van der Waals surface area contributed by atoms with Gasteiger partial charge in [0, 0.05) is 30.0 Å². The van der Waals surface area contributed by atoms with Crippen LogP contribution in [0.3, 0.4) is 0 Å². The zero-order valence-electron chi connectivity index (χ0n) is 21.4. The lowest BCUT2D eigenvalue weighted by molar-refractivity contribution is -0.137. The van der Waals surface area contributed by atoms with Gasteiger partial charge in [0.15, 0.2) is 0 Å². The van der Waals surface area contributed by atoms with Gasteiger partial charge in [-0.1, -0.05) is 24.6 Å². The van der Waals surface area contributed by atoms with Crippen molar-refractivity contribution in [1.82, 2.24) is 14.9 Å². The Bertz CT molecular complexity index is 1160. The highest BCUT2D eigenvalue weighted by molar-refractivity contribution is 6.30. The van der Waals surface area contributed by atoms with Gasteiger partial charge in [-0.15, -0.1) is 6.58 Å². The topological polar surface area (TPSA) is 58.6 Å². The maximum absolute atomic E-state index is 13.5. The Balaban J connectivity index is 1.72. The van der Waals surface area contributed by atoms with Gasteiger partial charge in [-0.25, -0.2) is 14.8 Å². The molecule has 37 heavy (non-hydrogen) atoms. The van der Waals surface area contributed by atoms with Gasteiger partial charge < -0.3 is 9.64 Å². The Morgan fingerprint density at radius 2 is 1.95 bits per heavy atom. The van der Waals surface area contributed by atoms with Gasteiger partial charge >= 0.3 is 12.3 Å². The number of benzene rings is 1. The molecule has 1 aliphatic carbocycles. The van der Waals surface area contributed by atoms with Gasteiger partial charge in [-0.05, 0) is 75.3 Å². The first-order valence-corrected chi connectivity index (χ1v) is 12.8. The first kappa shape index (κ1) is 27.2. The Morgan fingerprint density at radius 1 is 1.30 bits per heavy atom. The molecule has 2 aliphatic rings. The molecule has 2 fully saturated rings. The van der Waals surface area contributed by atoms with Gasteiger partial charge in [0.05, 0.1) is 23.2 Å². The first-order valence-electron chi connectivity index (χ1n) is 12.4. The highest BCUT2D eigenvalue weighted by Gasteiger charge is 2.62. The number of carbonyl (C=O) groups excluding carboxylic acids is 1. The lowest BCUT2D eigenvalue weighted by Crippen LogP contribution is -2.59. The summed E-state index contributed by atoms with van der Waals surface area (Å²) in [4.78, 5) is 25.9. The number of nitrogens with zero attached hydrogens (tertiary/aromatic N) is 4. The molecule has 1 aromatic carbocycles. The van der Waals surface area contributed by atoms with E-state index in [0.29, 0.717) is 24.4 Å². The van der Waals surface area contributed by atoms with Crippen LogP contribution in [-0.2, 0) is 17.5 Å². The van der Waals surface area contributed by atoms with Crippen LogP contribution in [0.4, 0.5) is 23.9 Å². The van der Waals surface area contributed by atoms with Crippen LogP contribution < -0.4 is 4.90 Å². The summed E-state index contributed by atoms with van der Waals surface area (Å²) in [6.07, 6.45) is 1.89. The van der Waals surface area contributed by atoms with E-state index in [4.69, 9.17) is 16.3 Å². The molecule has 2 heterocycles. The quantitative estimate of drug-likeness (QED) is 0.380. The predicted octanol–water partition coefficient (Wildman–Crippen LogP) is 6.81. The normalized spacial score (nSPS) is 25.3. The highest BCUT2D eigenvalue weighted by atomic mass is 35.5. The average Bonchev–Trinajstić information content (AvgIpc) is 3.43. The molecule has 4 atom stereocenters. The number of aryl methyl sites for hydroxylation is 1. The first-order chi connectivity index (χ1) is 17.3. The van der Waals surface area contributed by atoms with E-state index >= 15 is 0 Å². The van der Waals surface area contributed by atoms with Crippen molar-refractivity contribution in [1.29, 1.82) is 0 Å². The van der Waals surface area contributed by atoms with Crippen LogP contribution in [0.2, 0.25) is 5.02 Å². The van der Waals surface area contributed by atoms with Crippen molar-refractivity contribution < 1.29 is 22.7 Å². The van der Waals surface area contributed by atoms with Crippen LogP contribution in [0.15, 0.2) is 43.2 Å². The third kappa shape index (κ3) is 5.71. The number of hydrogen-bond donors (Lipinski definition) is 0. The summed E-state index contributed by atoms with van der Waals surface area (Å²) in [5.74, 6) is 0.648. The van der Waals surface area contributed by atoms with Crippen LogP contribution >= 0.6 is 11.6 Å². The molecule has 0 bridgehead atoms. The molecule has 1 saturated heterocycles. The van der Waals surface area contributed by atoms with E-state index in [1.165, 1.54) is 6.07 Å². The molecule has 0 unspecified atom stereocenters. The van der Waals surface area contributed by atoms with Gasteiger partial charge in [0.2, 0.25) is 5.95 Å². The second kappa shape index (κ2) is 10.2. The molecule has 1 spiro atoms. The summed E-state index contributed by atoms with van der Waals surface area (Å²) in [5, 5.41) is 0.0112. The van der Waals surface area contributed by atoms with Gasteiger partial charge in [0.25, 0.3) is 0 Å². The maximum Gasteiger partial charge on any atom is 0.416 e. The van der Waals surface area contributed by atoms with Crippen LogP contribution in [-0.4, -0.2) is 44.7 Å². The number of likely N-dealkylation sites (tertiary alicyclic amines) is 1. The number of amides is 1. The molecule has 2 aromatic rings. The molecule has 200 valence electrons. The lowest BCUT2D eigenvalue weighted by atomic mass is 9.87. The van der Waals surface area contributed by atoms with Crippen molar-refractivity contribution in [2.45, 2.75) is 83.4 Å². The summed E-state index contributed by atoms with van der Waals surface area (Å²) in [6.45, 7) is 11.7. The fourth-order valence-corrected chi connectivity index (χ4v) is 5.67. The van der Waals surface area contributed by atoms with Gasteiger partial charge in [-0.2, -0.15) is 13.2 Å². The van der Waals surface area contributed by atoms with E-state index in [9.17, 15) is 18.0 Å². The third-order valence-electron chi connectivity index (χ3n) is 7.24. The minimum Gasteiger partial charge on any atom is -0.447 e. The number of alkyl halides is 3. The average molecular weight is 537 g/mol. The smallest absolute Gasteiger partial charge is 0.416 e. The summed E-state index contributed by atoms with van der Waals surface area (Å²) in [5.41, 5.74) is 0.0385. The second-order valence-electron chi connectivity index (χ2n) is 10.4. The SMILES string of the molecule is C=C[C@@H]1C[C@H](N(Cc2cc(Cl)cc(C(F)(F)F)c2)c2ncc(C)cn2)C[C@]2(C[C@H]2C)N1C(=O)OC(C)C. The molecule has 1 amide bonds. The van der Waals surface area contributed by atoms with E-state index in [0.717, 1.165) is 24.1 Å². The molecule has 0 N–H and O–H groups in total. The number of rotatable bonds is 6. The fraction of sp³-hybridized carbons (Fsp3) is 0.519. The molecule has 0 radical (unpaired) electrons. The lowest BCUT2D eigenvalue weighted by Gasteiger charge is -2.48. The van der Waals surface area contributed by atoms with Crippen LogP contribution in [0.5, 0.6) is 0 Å². The Labute approximate surface area is 220 Å². The summed E-state index contributed by atoms with van der Waals surface area (Å²) >= 11 is 6.09. The Morgan fingerprint density at radius 3 is 2.49 bits per heavy atom.